The highest BCUT2D eigenvalue weighted by atomic mass is 32.2. The first-order valence-corrected chi connectivity index (χ1v) is 7.07. The second-order valence-electron chi connectivity index (χ2n) is 3.65. The predicted molar refractivity (Wildman–Crippen MR) is 69.3 cm³/mol. The fraction of sp³-hybridized carbons (Fsp3) is 0.364. The predicted octanol–water partition coefficient (Wildman–Crippen LogP) is -0.593. The van der Waals surface area contributed by atoms with Crippen molar-refractivity contribution in [3.8, 4) is 5.75 Å². The summed E-state index contributed by atoms with van der Waals surface area (Å²) < 4.78 is 33.6. The molecule has 0 aliphatic heterocycles. The Labute approximate surface area is 116 Å². The van der Waals surface area contributed by atoms with Crippen LogP contribution in [0, 0.1) is 0 Å². The maximum Gasteiger partial charge on any atom is 0.262 e. The van der Waals surface area contributed by atoms with Crippen LogP contribution in [0.5, 0.6) is 5.75 Å². The lowest BCUT2D eigenvalue weighted by molar-refractivity contribution is -0.123. The molecule has 9 heteroatoms. The van der Waals surface area contributed by atoms with E-state index in [0.29, 0.717) is 19.0 Å². The number of hydrogen-bond acceptors (Lipinski definition) is 6. The first-order chi connectivity index (χ1) is 9.45. The number of nitrogens with two attached hydrogens (primary N) is 1. The molecule has 8 nitrogen and oxygen atoms in total. The van der Waals surface area contributed by atoms with Gasteiger partial charge in [0.25, 0.3) is 10.0 Å². The maximum atomic E-state index is 11.7. The van der Waals surface area contributed by atoms with Gasteiger partial charge in [-0.3, -0.25) is 9.63 Å². The van der Waals surface area contributed by atoms with Crippen LogP contribution in [0.4, 0.5) is 0 Å². The molecule has 0 heterocycles. The van der Waals surface area contributed by atoms with E-state index in [4.69, 9.17) is 15.2 Å². The molecule has 0 aliphatic rings. The molecule has 20 heavy (non-hydrogen) atoms. The first-order valence-electron chi connectivity index (χ1n) is 5.59. The number of sulfonamides is 1. The Hall–Kier alpha value is -1.68. The Kier molecular flexibility index (Phi) is 6.39. The van der Waals surface area contributed by atoms with E-state index >= 15 is 0 Å². The minimum absolute atomic E-state index is 0.0268. The van der Waals surface area contributed by atoms with E-state index in [0.717, 1.165) is 0 Å². The van der Waals surface area contributed by atoms with Gasteiger partial charge in [-0.15, -0.1) is 0 Å². The highest BCUT2D eigenvalue weighted by molar-refractivity contribution is 7.89. The minimum atomic E-state index is -3.86. The van der Waals surface area contributed by atoms with Gasteiger partial charge in [0.15, 0.2) is 0 Å². The molecule has 0 atom stereocenters. The number of benzene rings is 1. The summed E-state index contributed by atoms with van der Waals surface area (Å²) in [5.74, 6) is -0.270. The van der Waals surface area contributed by atoms with Gasteiger partial charge < -0.3 is 15.2 Å². The molecule has 1 amide bonds. The fourth-order valence-corrected chi connectivity index (χ4v) is 1.99. The summed E-state index contributed by atoms with van der Waals surface area (Å²) in [5, 5.41) is 0. The lowest BCUT2D eigenvalue weighted by atomic mass is 10.3. The average molecular weight is 304 g/mol. The third-order valence-electron chi connectivity index (χ3n) is 2.07. The van der Waals surface area contributed by atoms with Crippen molar-refractivity contribution < 1.29 is 27.5 Å². The van der Waals surface area contributed by atoms with E-state index in [-0.39, 0.29) is 4.90 Å². The van der Waals surface area contributed by atoms with Gasteiger partial charge in [0, 0.05) is 7.11 Å². The Bertz CT molecular complexity index is 528. The molecule has 112 valence electrons. The van der Waals surface area contributed by atoms with Gasteiger partial charge in [-0.1, -0.05) is 4.89 Å². The van der Waals surface area contributed by atoms with Crippen LogP contribution in [-0.4, -0.2) is 41.3 Å². The molecule has 0 radical (unpaired) electrons. The SMILES string of the molecule is COCCOc1ccc(S(=O)(=O)NOCC(N)=O)cc1. The van der Waals surface area contributed by atoms with E-state index in [1.807, 2.05) is 0 Å². The second kappa shape index (κ2) is 7.80. The molecular formula is C11H16N2O6S. The van der Waals surface area contributed by atoms with E-state index < -0.39 is 22.5 Å². The summed E-state index contributed by atoms with van der Waals surface area (Å²) in [5.41, 5.74) is 4.81. The quantitative estimate of drug-likeness (QED) is 0.465. The molecule has 3 N–H and O–H groups in total. The molecule has 0 fully saturated rings. The van der Waals surface area contributed by atoms with Gasteiger partial charge in [0.1, 0.15) is 19.0 Å². The fourth-order valence-electron chi connectivity index (χ4n) is 1.18. The van der Waals surface area contributed by atoms with Crippen molar-refractivity contribution in [3.63, 3.8) is 0 Å². The molecule has 1 aromatic carbocycles. The molecule has 0 saturated carbocycles. The number of methoxy groups -OCH3 is 1. The summed E-state index contributed by atoms with van der Waals surface area (Å²) in [7, 11) is -2.31. The molecule has 0 bridgehead atoms. The van der Waals surface area contributed by atoms with Crippen molar-refractivity contribution in [1.82, 2.24) is 4.89 Å². The smallest absolute Gasteiger partial charge is 0.262 e. The molecular weight excluding hydrogens is 288 g/mol. The van der Waals surface area contributed by atoms with Crippen LogP contribution in [-0.2, 0) is 24.4 Å². The maximum absolute atomic E-state index is 11.7. The summed E-state index contributed by atoms with van der Waals surface area (Å²) in [6.07, 6.45) is 0. The van der Waals surface area contributed by atoms with Gasteiger partial charge in [0.05, 0.1) is 11.5 Å². The van der Waals surface area contributed by atoms with E-state index in [2.05, 4.69) is 4.84 Å². The van der Waals surface area contributed by atoms with Crippen molar-refractivity contribution in [1.29, 1.82) is 0 Å². The molecule has 1 rings (SSSR count). The van der Waals surface area contributed by atoms with Crippen LogP contribution < -0.4 is 15.4 Å². The van der Waals surface area contributed by atoms with Crippen LogP contribution in [0.15, 0.2) is 29.2 Å². The zero-order valence-corrected chi connectivity index (χ0v) is 11.7. The summed E-state index contributed by atoms with van der Waals surface area (Å²) in [6, 6.07) is 5.69. The number of hydrogen-bond donors (Lipinski definition) is 2. The second-order valence-corrected chi connectivity index (χ2v) is 5.30. The highest BCUT2D eigenvalue weighted by Crippen LogP contribution is 2.15. The largest absolute Gasteiger partial charge is 0.491 e. The third-order valence-corrected chi connectivity index (χ3v) is 3.30. The highest BCUT2D eigenvalue weighted by Gasteiger charge is 2.14. The Balaban J connectivity index is 2.59. The number of rotatable bonds is 9. The number of carbonyl (C=O) groups excluding carboxylic acids is 1. The zero-order chi connectivity index (χ0) is 15.0. The normalized spacial score (nSPS) is 11.2. The standard InChI is InChI=1S/C11H16N2O6S/c1-17-6-7-18-9-2-4-10(5-3-9)20(15,16)13-19-8-11(12)14/h2-5,13H,6-8H2,1H3,(H2,12,14). The molecule has 0 saturated heterocycles. The Morgan fingerprint density at radius 3 is 2.45 bits per heavy atom. The third kappa shape index (κ3) is 5.53. The summed E-state index contributed by atoms with van der Waals surface area (Å²) in [6.45, 7) is 0.253. The van der Waals surface area contributed by atoms with Crippen molar-refractivity contribution >= 4 is 15.9 Å². The number of primary amides is 1. The van der Waals surface area contributed by atoms with Crippen molar-refractivity contribution in [3.05, 3.63) is 24.3 Å². The van der Waals surface area contributed by atoms with Gasteiger partial charge in [-0.05, 0) is 24.3 Å². The van der Waals surface area contributed by atoms with Crippen molar-refractivity contribution in [2.45, 2.75) is 4.90 Å². The van der Waals surface area contributed by atoms with E-state index in [1.165, 1.54) is 24.3 Å². The van der Waals surface area contributed by atoms with Crippen LogP contribution in [0.2, 0.25) is 0 Å². The van der Waals surface area contributed by atoms with Crippen LogP contribution >= 0.6 is 0 Å². The molecule has 0 spiro atoms. The Morgan fingerprint density at radius 1 is 1.25 bits per heavy atom. The monoisotopic (exact) mass is 304 g/mol. The van der Waals surface area contributed by atoms with Crippen LogP contribution in [0.1, 0.15) is 0 Å². The van der Waals surface area contributed by atoms with E-state index in [9.17, 15) is 13.2 Å². The molecule has 0 aliphatic carbocycles. The lowest BCUT2D eigenvalue weighted by Gasteiger charge is -2.08. The average Bonchev–Trinajstić information content (AvgIpc) is 2.39. The Morgan fingerprint density at radius 2 is 1.90 bits per heavy atom. The van der Waals surface area contributed by atoms with Gasteiger partial charge in [-0.25, -0.2) is 8.42 Å². The van der Waals surface area contributed by atoms with Crippen molar-refractivity contribution in [2.75, 3.05) is 26.9 Å². The van der Waals surface area contributed by atoms with Crippen LogP contribution in [0.3, 0.4) is 0 Å². The van der Waals surface area contributed by atoms with E-state index in [1.54, 1.807) is 12.0 Å². The number of carbonyl (C=O) groups is 1. The number of nitrogens with one attached hydrogen (secondary N) is 1. The van der Waals surface area contributed by atoms with Gasteiger partial charge >= 0.3 is 0 Å². The summed E-state index contributed by atoms with van der Waals surface area (Å²) in [4.78, 5) is 16.7. The van der Waals surface area contributed by atoms with Crippen LogP contribution in [0.25, 0.3) is 0 Å². The zero-order valence-electron chi connectivity index (χ0n) is 10.9. The minimum Gasteiger partial charge on any atom is -0.491 e. The molecule has 0 aromatic heterocycles. The molecule has 0 unspecified atom stereocenters. The van der Waals surface area contributed by atoms with Crippen molar-refractivity contribution in [2.24, 2.45) is 5.73 Å². The number of ether oxygens (including phenoxy) is 2. The molecule has 1 aromatic rings. The van der Waals surface area contributed by atoms with Gasteiger partial charge in [0.2, 0.25) is 5.91 Å². The lowest BCUT2D eigenvalue weighted by Crippen LogP contribution is -2.29. The first kappa shape index (κ1) is 16.4. The topological polar surface area (TPSA) is 117 Å². The van der Waals surface area contributed by atoms with Gasteiger partial charge in [-0.2, -0.15) is 0 Å². The summed E-state index contributed by atoms with van der Waals surface area (Å²) >= 11 is 0. The number of amides is 1.